The number of hydrogen-bond donors (Lipinski definition) is 2. The fourth-order valence-electron chi connectivity index (χ4n) is 2.98. The minimum atomic E-state index is -3.01. The Balaban J connectivity index is 2.05. The summed E-state index contributed by atoms with van der Waals surface area (Å²) in [6, 6.07) is 8.06. The Hall–Kier alpha value is -3.29. The van der Waals surface area contributed by atoms with Gasteiger partial charge in [0, 0.05) is 22.0 Å². The quantitative estimate of drug-likeness (QED) is 0.773. The van der Waals surface area contributed by atoms with Gasteiger partial charge in [-0.3, -0.25) is 4.79 Å². The van der Waals surface area contributed by atoms with Crippen molar-refractivity contribution in [3.8, 4) is 5.69 Å². The summed E-state index contributed by atoms with van der Waals surface area (Å²) < 4.78 is 27.7. The first-order valence-electron chi connectivity index (χ1n) is 6.96. The van der Waals surface area contributed by atoms with Crippen molar-refractivity contribution in [3.63, 3.8) is 0 Å². The third-order valence-corrected chi connectivity index (χ3v) is 3.98. The zero-order valence-corrected chi connectivity index (χ0v) is 12.0. The topological polar surface area (TPSA) is 84.2 Å². The van der Waals surface area contributed by atoms with Crippen molar-refractivity contribution in [2.24, 2.45) is 0 Å². The highest BCUT2D eigenvalue weighted by Crippen LogP contribution is 2.37. The van der Waals surface area contributed by atoms with Crippen molar-refractivity contribution in [1.29, 1.82) is 0 Å². The Bertz CT molecular complexity index is 1030. The van der Waals surface area contributed by atoms with Gasteiger partial charge in [0.15, 0.2) is 0 Å². The molecule has 3 aromatic rings. The van der Waals surface area contributed by atoms with Crippen molar-refractivity contribution in [1.82, 2.24) is 9.78 Å². The molecular formula is C16H9F2N3O3. The fraction of sp³-hybridized carbons (Fsp3) is 0.0625. The molecule has 0 atom stereocenters. The number of hydrogen-bond acceptors (Lipinski definition) is 3. The Labute approximate surface area is 133 Å². The lowest BCUT2D eigenvalue weighted by Crippen LogP contribution is -2.07. The monoisotopic (exact) mass is 329 g/mol. The van der Waals surface area contributed by atoms with Gasteiger partial charge in [-0.2, -0.15) is 5.10 Å². The van der Waals surface area contributed by atoms with Crippen molar-refractivity contribution in [3.05, 3.63) is 53.3 Å². The van der Waals surface area contributed by atoms with Crippen LogP contribution in [0.25, 0.3) is 16.5 Å². The van der Waals surface area contributed by atoms with Crippen LogP contribution in [0.1, 0.15) is 32.8 Å². The van der Waals surface area contributed by atoms with Crippen molar-refractivity contribution >= 4 is 28.3 Å². The normalized spacial score (nSPS) is 12.9. The molecule has 0 aliphatic carbocycles. The predicted molar refractivity (Wildman–Crippen MR) is 80.9 cm³/mol. The molecule has 1 aromatic heterocycles. The largest absolute Gasteiger partial charge is 0.478 e. The van der Waals surface area contributed by atoms with Crippen molar-refractivity contribution < 1.29 is 23.5 Å². The molecule has 0 fully saturated rings. The van der Waals surface area contributed by atoms with Crippen LogP contribution in [0.2, 0.25) is 0 Å². The molecule has 0 unspecified atom stereocenters. The molecular weight excluding hydrogens is 320 g/mol. The van der Waals surface area contributed by atoms with E-state index in [1.165, 1.54) is 6.07 Å². The number of amides is 1. The average molecular weight is 329 g/mol. The number of rotatable bonds is 3. The number of nitrogens with one attached hydrogen (secondary N) is 1. The second-order valence-electron chi connectivity index (χ2n) is 5.28. The Morgan fingerprint density at radius 1 is 1.25 bits per heavy atom. The molecule has 0 bridgehead atoms. The lowest BCUT2D eigenvalue weighted by atomic mass is 10.0. The van der Waals surface area contributed by atoms with Crippen molar-refractivity contribution in [2.75, 3.05) is 5.32 Å². The highest BCUT2D eigenvalue weighted by Gasteiger charge is 2.28. The molecule has 6 nitrogen and oxygen atoms in total. The van der Waals surface area contributed by atoms with E-state index >= 15 is 0 Å². The molecule has 2 aromatic carbocycles. The van der Waals surface area contributed by atoms with E-state index in [0.29, 0.717) is 22.0 Å². The number of carboxylic acids is 1. The van der Waals surface area contributed by atoms with Gasteiger partial charge in [0.2, 0.25) is 0 Å². The van der Waals surface area contributed by atoms with Crippen molar-refractivity contribution in [2.45, 2.75) is 6.43 Å². The first-order valence-corrected chi connectivity index (χ1v) is 6.96. The number of alkyl halides is 2. The van der Waals surface area contributed by atoms with Crippen LogP contribution in [-0.4, -0.2) is 26.8 Å². The number of nitrogens with zero attached hydrogens (tertiary/aromatic N) is 2. The van der Waals surface area contributed by atoms with E-state index in [1.54, 1.807) is 24.3 Å². The molecule has 0 radical (unpaired) electrons. The standard InChI is InChI=1S/C16H9F2N3O3/c17-14(18)13-9(16(23)24)6-19-21(13)11-5-4-10-12-7(11)2-1-3-8(12)15(22)20-10/h1-6,14H,(H,20,22)(H,23,24). The number of aromatic carboxylic acids is 1. The fourth-order valence-corrected chi connectivity index (χ4v) is 2.98. The molecule has 1 aliphatic heterocycles. The number of carbonyl (C=O) groups is 2. The number of benzene rings is 2. The van der Waals surface area contributed by atoms with Crippen LogP contribution in [0.15, 0.2) is 36.5 Å². The highest BCUT2D eigenvalue weighted by atomic mass is 19.3. The molecule has 0 saturated heterocycles. The molecule has 2 N–H and O–H groups in total. The molecule has 24 heavy (non-hydrogen) atoms. The summed E-state index contributed by atoms with van der Waals surface area (Å²) in [4.78, 5) is 23.1. The lowest BCUT2D eigenvalue weighted by molar-refractivity contribution is 0.0683. The molecule has 2 heterocycles. The molecule has 4 rings (SSSR count). The minimum Gasteiger partial charge on any atom is -0.478 e. The summed E-state index contributed by atoms with van der Waals surface area (Å²) in [5.41, 5.74) is 0.0602. The van der Waals surface area contributed by atoms with Crippen LogP contribution in [0, 0.1) is 0 Å². The third-order valence-electron chi connectivity index (χ3n) is 3.98. The first-order chi connectivity index (χ1) is 11.5. The van der Waals surface area contributed by atoms with Crippen LogP contribution >= 0.6 is 0 Å². The summed E-state index contributed by atoms with van der Waals surface area (Å²) >= 11 is 0. The lowest BCUT2D eigenvalue weighted by Gasteiger charge is -2.11. The molecule has 8 heteroatoms. The first kappa shape index (κ1) is 14.3. The highest BCUT2D eigenvalue weighted by molar-refractivity contribution is 6.25. The zero-order chi connectivity index (χ0) is 17.0. The second-order valence-corrected chi connectivity index (χ2v) is 5.28. The van der Waals surface area contributed by atoms with Gasteiger partial charge >= 0.3 is 5.97 Å². The van der Waals surface area contributed by atoms with Gasteiger partial charge in [-0.05, 0) is 18.2 Å². The summed E-state index contributed by atoms with van der Waals surface area (Å²) in [7, 11) is 0. The Morgan fingerprint density at radius 3 is 2.75 bits per heavy atom. The van der Waals surface area contributed by atoms with E-state index in [-0.39, 0.29) is 11.6 Å². The van der Waals surface area contributed by atoms with E-state index in [2.05, 4.69) is 10.4 Å². The SMILES string of the molecule is O=C(O)c1cnn(-c2ccc3c4c(cccc24)C(=O)N3)c1C(F)F. The van der Waals surface area contributed by atoms with Gasteiger partial charge < -0.3 is 10.4 Å². The number of carboxylic acid groups (broad SMARTS) is 1. The van der Waals surface area contributed by atoms with Gasteiger partial charge in [-0.1, -0.05) is 12.1 Å². The Morgan fingerprint density at radius 2 is 2.04 bits per heavy atom. The van der Waals surface area contributed by atoms with Gasteiger partial charge in [-0.25, -0.2) is 18.3 Å². The molecule has 1 aliphatic rings. The summed E-state index contributed by atoms with van der Waals surface area (Å²) in [5.74, 6) is -1.74. The van der Waals surface area contributed by atoms with Crippen LogP contribution in [0.4, 0.5) is 14.5 Å². The van der Waals surface area contributed by atoms with Crippen LogP contribution in [0.5, 0.6) is 0 Å². The second kappa shape index (κ2) is 4.85. The van der Waals surface area contributed by atoms with Gasteiger partial charge in [0.25, 0.3) is 12.3 Å². The third kappa shape index (κ3) is 1.82. The Kier molecular flexibility index (Phi) is 2.89. The smallest absolute Gasteiger partial charge is 0.339 e. The number of carbonyl (C=O) groups excluding carboxylic acids is 1. The van der Waals surface area contributed by atoms with E-state index < -0.39 is 23.7 Å². The molecule has 0 spiro atoms. The van der Waals surface area contributed by atoms with E-state index in [1.807, 2.05) is 0 Å². The molecule has 1 amide bonds. The van der Waals surface area contributed by atoms with Crippen LogP contribution < -0.4 is 5.32 Å². The maximum atomic E-state index is 13.4. The van der Waals surface area contributed by atoms with E-state index in [9.17, 15) is 18.4 Å². The predicted octanol–water partition coefficient (Wildman–Crippen LogP) is 3.23. The summed E-state index contributed by atoms with van der Waals surface area (Å²) in [6.45, 7) is 0. The maximum Gasteiger partial charge on any atom is 0.339 e. The van der Waals surface area contributed by atoms with E-state index in [4.69, 9.17) is 5.11 Å². The van der Waals surface area contributed by atoms with Crippen LogP contribution in [0.3, 0.4) is 0 Å². The average Bonchev–Trinajstić information content (AvgIpc) is 3.12. The van der Waals surface area contributed by atoms with Gasteiger partial charge in [-0.15, -0.1) is 0 Å². The molecule has 0 saturated carbocycles. The number of anilines is 1. The van der Waals surface area contributed by atoms with E-state index in [0.717, 1.165) is 10.9 Å². The number of aromatic nitrogens is 2. The van der Waals surface area contributed by atoms with Gasteiger partial charge in [0.05, 0.1) is 11.9 Å². The number of halogens is 2. The van der Waals surface area contributed by atoms with Gasteiger partial charge in [0.1, 0.15) is 11.3 Å². The summed E-state index contributed by atoms with van der Waals surface area (Å²) in [6.07, 6.45) is -2.11. The minimum absolute atomic E-state index is 0.270. The maximum absolute atomic E-state index is 13.4. The molecule has 120 valence electrons. The van der Waals surface area contributed by atoms with Crippen LogP contribution in [-0.2, 0) is 0 Å². The zero-order valence-electron chi connectivity index (χ0n) is 12.0. The summed E-state index contributed by atoms with van der Waals surface area (Å²) in [5, 5.41) is 16.7.